The normalized spacial score (nSPS) is 15.9. The van der Waals surface area contributed by atoms with Crippen LogP contribution < -0.4 is 15.0 Å². The molecule has 1 unspecified atom stereocenters. The third-order valence-electron chi connectivity index (χ3n) is 5.35. The number of hydrogen-bond acceptors (Lipinski definition) is 6. The van der Waals surface area contributed by atoms with E-state index in [2.05, 4.69) is 28.5 Å². The number of rotatable bonds is 7. The van der Waals surface area contributed by atoms with E-state index in [0.29, 0.717) is 18.1 Å². The van der Waals surface area contributed by atoms with Crippen LogP contribution in [0.2, 0.25) is 0 Å². The molecule has 3 aromatic rings. The minimum absolute atomic E-state index is 0.0258. The second kappa shape index (κ2) is 9.26. The van der Waals surface area contributed by atoms with Gasteiger partial charge in [-0.3, -0.25) is 9.59 Å². The van der Waals surface area contributed by atoms with Gasteiger partial charge in [0, 0.05) is 24.6 Å². The Hall–Kier alpha value is -3.26. The Balaban J connectivity index is 1.39. The van der Waals surface area contributed by atoms with E-state index in [1.807, 2.05) is 47.4 Å². The van der Waals surface area contributed by atoms with E-state index in [1.54, 1.807) is 7.11 Å². The van der Waals surface area contributed by atoms with Gasteiger partial charge in [-0.1, -0.05) is 48.6 Å². The number of amides is 2. The van der Waals surface area contributed by atoms with E-state index in [0.717, 1.165) is 34.0 Å². The summed E-state index contributed by atoms with van der Waals surface area (Å²) in [4.78, 5) is 26.9. The van der Waals surface area contributed by atoms with E-state index >= 15 is 0 Å². The fourth-order valence-corrected chi connectivity index (χ4v) is 4.57. The molecule has 1 aliphatic heterocycles. The van der Waals surface area contributed by atoms with Crippen LogP contribution in [-0.2, 0) is 22.4 Å². The highest BCUT2D eigenvalue weighted by molar-refractivity contribution is 7.15. The maximum atomic E-state index is 12.7. The van der Waals surface area contributed by atoms with Gasteiger partial charge in [0.1, 0.15) is 10.8 Å². The summed E-state index contributed by atoms with van der Waals surface area (Å²) in [7, 11) is 1.61. The molecule has 2 aromatic carbocycles. The van der Waals surface area contributed by atoms with E-state index in [4.69, 9.17) is 4.74 Å². The predicted molar refractivity (Wildman–Crippen MR) is 121 cm³/mol. The van der Waals surface area contributed by atoms with E-state index in [1.165, 1.54) is 11.3 Å². The first-order valence-electron chi connectivity index (χ1n) is 10.2. The third-order valence-corrected chi connectivity index (χ3v) is 6.35. The summed E-state index contributed by atoms with van der Waals surface area (Å²) in [6.07, 6.45) is 1.50. The molecule has 2 amide bonds. The van der Waals surface area contributed by atoms with E-state index in [-0.39, 0.29) is 24.2 Å². The summed E-state index contributed by atoms with van der Waals surface area (Å²) in [5, 5.41) is 12.4. The average Bonchev–Trinajstić information content (AvgIpc) is 3.40. The summed E-state index contributed by atoms with van der Waals surface area (Å²) in [5.74, 6) is 0.654. The molecule has 160 valence electrons. The molecule has 31 heavy (non-hydrogen) atoms. The molecule has 4 rings (SSSR count). The van der Waals surface area contributed by atoms with Crippen LogP contribution in [0.1, 0.15) is 35.4 Å². The van der Waals surface area contributed by atoms with Gasteiger partial charge in [-0.15, -0.1) is 10.2 Å². The van der Waals surface area contributed by atoms with Crippen molar-refractivity contribution in [2.75, 3.05) is 23.9 Å². The maximum absolute atomic E-state index is 12.7. The molecule has 1 atom stereocenters. The molecule has 0 radical (unpaired) electrons. The van der Waals surface area contributed by atoms with Crippen molar-refractivity contribution >= 4 is 34.0 Å². The monoisotopic (exact) mass is 436 g/mol. The lowest BCUT2D eigenvalue weighted by atomic mass is 10.1. The zero-order valence-corrected chi connectivity index (χ0v) is 18.3. The zero-order valence-electron chi connectivity index (χ0n) is 17.5. The Morgan fingerprint density at radius 1 is 1.19 bits per heavy atom. The van der Waals surface area contributed by atoms with Crippen molar-refractivity contribution in [1.82, 2.24) is 10.2 Å². The van der Waals surface area contributed by atoms with Crippen molar-refractivity contribution in [3.05, 3.63) is 64.7 Å². The van der Waals surface area contributed by atoms with Gasteiger partial charge in [0.05, 0.1) is 13.5 Å². The molecule has 7 nitrogen and oxygen atoms in total. The maximum Gasteiger partial charge on any atom is 0.230 e. The van der Waals surface area contributed by atoms with Crippen LogP contribution in [0, 0.1) is 0 Å². The van der Waals surface area contributed by atoms with Crippen LogP contribution >= 0.6 is 11.3 Å². The summed E-state index contributed by atoms with van der Waals surface area (Å²) < 4.78 is 5.13. The fourth-order valence-electron chi connectivity index (χ4n) is 3.72. The molecule has 0 aliphatic carbocycles. The lowest BCUT2D eigenvalue weighted by Crippen LogP contribution is -2.25. The van der Waals surface area contributed by atoms with Gasteiger partial charge in [0.15, 0.2) is 0 Å². The summed E-state index contributed by atoms with van der Waals surface area (Å²) >= 11 is 1.33. The lowest BCUT2D eigenvalue weighted by Gasteiger charge is -2.19. The number of ether oxygens (including phenoxy) is 1. The van der Waals surface area contributed by atoms with Crippen LogP contribution in [0.4, 0.5) is 10.8 Å². The number of para-hydroxylation sites is 1. The number of carbonyl (C=O) groups excluding carboxylic acids is 2. The van der Waals surface area contributed by atoms with Crippen molar-refractivity contribution in [2.45, 2.75) is 32.1 Å². The van der Waals surface area contributed by atoms with Crippen LogP contribution in [0.3, 0.4) is 0 Å². The van der Waals surface area contributed by atoms with Crippen LogP contribution in [0.15, 0.2) is 48.5 Å². The number of benzene rings is 2. The largest absolute Gasteiger partial charge is 0.497 e. The Labute approximate surface area is 185 Å². The molecule has 1 aliphatic rings. The van der Waals surface area contributed by atoms with Crippen molar-refractivity contribution in [1.29, 1.82) is 0 Å². The van der Waals surface area contributed by atoms with Crippen molar-refractivity contribution in [2.24, 2.45) is 0 Å². The summed E-state index contributed by atoms with van der Waals surface area (Å²) in [6.45, 7) is 2.66. The first-order valence-corrected chi connectivity index (χ1v) is 11.0. The van der Waals surface area contributed by atoms with Crippen LogP contribution in [0.5, 0.6) is 5.75 Å². The first kappa shape index (κ1) is 21.0. The topological polar surface area (TPSA) is 84.4 Å². The third kappa shape index (κ3) is 4.74. The van der Waals surface area contributed by atoms with Gasteiger partial charge >= 0.3 is 0 Å². The molecular weight excluding hydrogens is 412 g/mol. The second-order valence-electron chi connectivity index (χ2n) is 7.41. The fraction of sp³-hybridized carbons (Fsp3) is 0.304. The second-order valence-corrected chi connectivity index (χ2v) is 8.42. The minimum atomic E-state index is -0.158. The van der Waals surface area contributed by atoms with Gasteiger partial charge < -0.3 is 15.0 Å². The Kier molecular flexibility index (Phi) is 6.27. The molecule has 1 aromatic heterocycles. The van der Waals surface area contributed by atoms with Crippen molar-refractivity contribution in [3.8, 4) is 5.75 Å². The number of nitrogens with one attached hydrogen (secondary N) is 1. The Morgan fingerprint density at radius 3 is 2.71 bits per heavy atom. The SMILES string of the molecule is CCc1ccccc1N1CC(c2nnc(NC(=O)Cc3ccc(OC)cc3)s2)CC1=O. The van der Waals surface area contributed by atoms with E-state index < -0.39 is 0 Å². The summed E-state index contributed by atoms with van der Waals surface area (Å²) in [5.41, 5.74) is 3.00. The van der Waals surface area contributed by atoms with Gasteiger partial charge in [0.25, 0.3) is 0 Å². The smallest absolute Gasteiger partial charge is 0.230 e. The zero-order chi connectivity index (χ0) is 21.8. The van der Waals surface area contributed by atoms with E-state index in [9.17, 15) is 9.59 Å². The highest BCUT2D eigenvalue weighted by Crippen LogP contribution is 2.35. The molecule has 1 saturated heterocycles. The quantitative estimate of drug-likeness (QED) is 0.609. The number of methoxy groups -OCH3 is 1. The standard InChI is InChI=1S/C23H24N4O3S/c1-3-16-6-4-5-7-19(16)27-14-17(13-21(27)29)22-25-26-23(31-22)24-20(28)12-15-8-10-18(30-2)11-9-15/h4-11,17H,3,12-14H2,1-2H3,(H,24,26,28). The number of nitrogens with zero attached hydrogens (tertiary/aromatic N) is 3. The molecule has 0 spiro atoms. The molecular formula is C23H24N4O3S. The van der Waals surface area contributed by atoms with Crippen LogP contribution in [0.25, 0.3) is 0 Å². The van der Waals surface area contributed by atoms with Gasteiger partial charge in [-0.25, -0.2) is 0 Å². The van der Waals surface area contributed by atoms with Gasteiger partial charge in [-0.05, 0) is 35.7 Å². The molecule has 8 heteroatoms. The number of carbonyl (C=O) groups is 2. The van der Waals surface area contributed by atoms with Crippen LogP contribution in [-0.4, -0.2) is 35.7 Å². The lowest BCUT2D eigenvalue weighted by molar-refractivity contribution is -0.117. The molecule has 0 bridgehead atoms. The van der Waals surface area contributed by atoms with Crippen molar-refractivity contribution in [3.63, 3.8) is 0 Å². The molecule has 0 saturated carbocycles. The summed E-state index contributed by atoms with van der Waals surface area (Å²) in [6, 6.07) is 15.4. The predicted octanol–water partition coefficient (Wildman–Crippen LogP) is 3.81. The minimum Gasteiger partial charge on any atom is -0.497 e. The molecule has 2 heterocycles. The highest BCUT2D eigenvalue weighted by atomic mass is 32.1. The Morgan fingerprint density at radius 2 is 1.97 bits per heavy atom. The number of anilines is 2. The van der Waals surface area contributed by atoms with Gasteiger partial charge in [0.2, 0.25) is 16.9 Å². The molecule has 1 fully saturated rings. The average molecular weight is 437 g/mol. The molecule has 1 N–H and O–H groups in total. The van der Waals surface area contributed by atoms with Crippen molar-refractivity contribution < 1.29 is 14.3 Å². The Bertz CT molecular complexity index is 1080. The van der Waals surface area contributed by atoms with Gasteiger partial charge in [-0.2, -0.15) is 0 Å². The highest BCUT2D eigenvalue weighted by Gasteiger charge is 2.34. The number of hydrogen-bond donors (Lipinski definition) is 1. The number of aromatic nitrogens is 2. The number of aryl methyl sites for hydroxylation is 1. The first-order chi connectivity index (χ1) is 15.1.